The summed E-state index contributed by atoms with van der Waals surface area (Å²) in [5.74, 6) is -0.657. The molecule has 0 aliphatic carbocycles. The molecule has 0 aliphatic heterocycles. The Morgan fingerprint density at radius 1 is 1.04 bits per heavy atom. The summed E-state index contributed by atoms with van der Waals surface area (Å²) in [5, 5.41) is 2.72. The molecule has 1 N–H and O–H groups in total. The van der Waals surface area contributed by atoms with Crippen molar-refractivity contribution in [2.45, 2.75) is 20.5 Å². The monoisotopic (exact) mass is 327 g/mol. The molecule has 24 heavy (non-hydrogen) atoms. The van der Waals surface area contributed by atoms with Crippen molar-refractivity contribution < 1.29 is 19.1 Å². The van der Waals surface area contributed by atoms with Gasteiger partial charge >= 0.3 is 5.97 Å². The van der Waals surface area contributed by atoms with Crippen LogP contribution in [-0.4, -0.2) is 25.6 Å². The van der Waals surface area contributed by atoms with E-state index < -0.39 is 5.97 Å². The van der Waals surface area contributed by atoms with E-state index in [1.54, 1.807) is 24.3 Å². The van der Waals surface area contributed by atoms with Crippen molar-refractivity contribution in [1.29, 1.82) is 0 Å². The molecule has 0 radical (unpaired) electrons. The van der Waals surface area contributed by atoms with E-state index in [0.29, 0.717) is 17.9 Å². The first kappa shape index (κ1) is 17.7. The summed E-state index contributed by atoms with van der Waals surface area (Å²) in [6, 6.07) is 12.6. The van der Waals surface area contributed by atoms with Gasteiger partial charge in [0, 0.05) is 5.69 Å². The smallest absolute Gasteiger partial charge is 0.337 e. The molecule has 0 heterocycles. The quantitative estimate of drug-likeness (QED) is 0.827. The number of aryl methyl sites for hydroxylation is 2. The van der Waals surface area contributed by atoms with Gasteiger partial charge in [0.05, 0.1) is 19.3 Å². The summed E-state index contributed by atoms with van der Waals surface area (Å²) < 4.78 is 10.1. The van der Waals surface area contributed by atoms with Crippen LogP contribution >= 0.6 is 0 Å². The van der Waals surface area contributed by atoms with Gasteiger partial charge in [-0.3, -0.25) is 4.79 Å². The highest BCUT2D eigenvalue weighted by Gasteiger charge is 2.07. The van der Waals surface area contributed by atoms with Crippen molar-refractivity contribution in [1.82, 2.24) is 0 Å². The predicted molar refractivity (Wildman–Crippen MR) is 92.0 cm³/mol. The third kappa shape index (κ3) is 4.93. The average molecular weight is 327 g/mol. The lowest BCUT2D eigenvalue weighted by Crippen LogP contribution is -2.18. The van der Waals surface area contributed by atoms with Gasteiger partial charge in [-0.05, 0) is 49.2 Å². The molecule has 126 valence electrons. The van der Waals surface area contributed by atoms with Crippen LogP contribution in [0.2, 0.25) is 0 Å². The van der Waals surface area contributed by atoms with Gasteiger partial charge < -0.3 is 14.8 Å². The second kappa shape index (κ2) is 8.26. The first-order chi connectivity index (χ1) is 11.5. The largest absolute Gasteiger partial charge is 0.465 e. The van der Waals surface area contributed by atoms with Crippen molar-refractivity contribution in [3.63, 3.8) is 0 Å². The van der Waals surface area contributed by atoms with Crippen LogP contribution in [0.4, 0.5) is 5.69 Å². The van der Waals surface area contributed by atoms with Crippen LogP contribution in [0.15, 0.2) is 42.5 Å². The third-order valence-corrected chi connectivity index (χ3v) is 3.58. The van der Waals surface area contributed by atoms with Gasteiger partial charge in [0.25, 0.3) is 0 Å². The summed E-state index contributed by atoms with van der Waals surface area (Å²) >= 11 is 0. The molecule has 0 aliphatic rings. The first-order valence-electron chi connectivity index (χ1n) is 7.61. The van der Waals surface area contributed by atoms with E-state index in [4.69, 9.17) is 4.74 Å². The Morgan fingerprint density at radius 2 is 1.75 bits per heavy atom. The van der Waals surface area contributed by atoms with Gasteiger partial charge in [-0.1, -0.05) is 23.8 Å². The third-order valence-electron chi connectivity index (χ3n) is 3.58. The van der Waals surface area contributed by atoms with Crippen LogP contribution in [0, 0.1) is 13.8 Å². The zero-order valence-corrected chi connectivity index (χ0v) is 14.1. The van der Waals surface area contributed by atoms with Crippen molar-refractivity contribution in [3.05, 3.63) is 64.7 Å². The van der Waals surface area contributed by atoms with Gasteiger partial charge in [0.2, 0.25) is 5.91 Å². The fourth-order valence-corrected chi connectivity index (χ4v) is 2.27. The molecule has 0 saturated heterocycles. The van der Waals surface area contributed by atoms with E-state index in [9.17, 15) is 9.59 Å². The zero-order chi connectivity index (χ0) is 17.5. The maximum atomic E-state index is 11.9. The molecule has 1 amide bonds. The summed E-state index contributed by atoms with van der Waals surface area (Å²) in [6.07, 6.45) is 0. The number of benzene rings is 2. The molecule has 5 heteroatoms. The zero-order valence-electron chi connectivity index (χ0n) is 14.1. The van der Waals surface area contributed by atoms with Crippen LogP contribution in [0.3, 0.4) is 0 Å². The molecule has 0 aromatic heterocycles. The number of nitrogens with one attached hydrogen (secondary N) is 1. The highest BCUT2D eigenvalue weighted by Crippen LogP contribution is 2.12. The number of anilines is 1. The van der Waals surface area contributed by atoms with Crippen LogP contribution in [0.1, 0.15) is 27.0 Å². The number of amides is 1. The highest BCUT2D eigenvalue weighted by molar-refractivity contribution is 5.93. The lowest BCUT2D eigenvalue weighted by atomic mass is 10.1. The van der Waals surface area contributed by atoms with Gasteiger partial charge in [-0.25, -0.2) is 4.79 Å². The number of methoxy groups -OCH3 is 1. The Labute approximate surface area is 141 Å². The van der Waals surface area contributed by atoms with Crippen LogP contribution in [-0.2, 0) is 20.9 Å². The van der Waals surface area contributed by atoms with Gasteiger partial charge in [0.1, 0.15) is 6.61 Å². The maximum absolute atomic E-state index is 11.9. The summed E-state index contributed by atoms with van der Waals surface area (Å²) in [4.78, 5) is 23.2. The van der Waals surface area contributed by atoms with E-state index in [-0.39, 0.29) is 12.5 Å². The van der Waals surface area contributed by atoms with Gasteiger partial charge in [-0.2, -0.15) is 0 Å². The second-order valence-corrected chi connectivity index (χ2v) is 5.54. The van der Waals surface area contributed by atoms with E-state index in [1.165, 1.54) is 12.7 Å². The number of rotatable bonds is 6. The minimum atomic E-state index is -0.412. The van der Waals surface area contributed by atoms with Crippen LogP contribution < -0.4 is 5.32 Å². The van der Waals surface area contributed by atoms with E-state index in [2.05, 4.69) is 16.1 Å². The summed E-state index contributed by atoms with van der Waals surface area (Å²) in [5.41, 5.74) is 4.44. The van der Waals surface area contributed by atoms with Crippen molar-refractivity contribution in [2.75, 3.05) is 19.0 Å². The molecule has 2 aromatic carbocycles. The Hall–Kier alpha value is -2.66. The molecule has 0 bridgehead atoms. The fourth-order valence-electron chi connectivity index (χ4n) is 2.27. The van der Waals surface area contributed by atoms with Crippen LogP contribution in [0.25, 0.3) is 0 Å². The molecular weight excluding hydrogens is 306 g/mol. The number of esters is 1. The minimum Gasteiger partial charge on any atom is -0.465 e. The number of carbonyl (C=O) groups excluding carboxylic acids is 2. The molecule has 0 saturated carbocycles. The molecule has 2 rings (SSSR count). The Morgan fingerprint density at radius 3 is 2.38 bits per heavy atom. The molecule has 2 aromatic rings. The summed E-state index contributed by atoms with van der Waals surface area (Å²) in [7, 11) is 1.32. The van der Waals surface area contributed by atoms with Crippen molar-refractivity contribution in [3.8, 4) is 0 Å². The maximum Gasteiger partial charge on any atom is 0.337 e. The molecular formula is C19H21NO4. The van der Waals surface area contributed by atoms with Gasteiger partial charge in [0.15, 0.2) is 0 Å². The van der Waals surface area contributed by atoms with Crippen LogP contribution in [0.5, 0.6) is 0 Å². The highest BCUT2D eigenvalue weighted by atomic mass is 16.5. The Kier molecular flexibility index (Phi) is 6.09. The Bertz CT molecular complexity index is 723. The second-order valence-electron chi connectivity index (χ2n) is 5.54. The lowest BCUT2D eigenvalue weighted by molar-refractivity contribution is -0.121. The number of carbonyl (C=O) groups is 2. The topological polar surface area (TPSA) is 64.6 Å². The number of ether oxygens (including phenoxy) is 2. The van der Waals surface area contributed by atoms with E-state index >= 15 is 0 Å². The van der Waals surface area contributed by atoms with Crippen molar-refractivity contribution in [2.24, 2.45) is 0 Å². The van der Waals surface area contributed by atoms with E-state index in [1.807, 2.05) is 26.0 Å². The van der Waals surface area contributed by atoms with E-state index in [0.717, 1.165) is 11.1 Å². The number of hydrogen-bond acceptors (Lipinski definition) is 4. The van der Waals surface area contributed by atoms with Gasteiger partial charge in [-0.15, -0.1) is 0 Å². The Balaban J connectivity index is 1.81. The minimum absolute atomic E-state index is 0.0356. The first-order valence-corrected chi connectivity index (χ1v) is 7.61. The standard InChI is InChI=1S/C19H21NO4/c1-13-4-5-16(14(2)10-13)11-24-12-18(21)20-17-8-6-15(7-9-17)19(22)23-3/h4-10H,11-12H2,1-3H3,(H,20,21). The molecule has 0 unspecified atom stereocenters. The molecule has 0 spiro atoms. The lowest BCUT2D eigenvalue weighted by Gasteiger charge is -2.09. The number of hydrogen-bond donors (Lipinski definition) is 1. The molecule has 0 fully saturated rings. The summed E-state index contributed by atoms with van der Waals surface area (Å²) in [6.45, 7) is 4.41. The molecule has 5 nitrogen and oxygen atoms in total. The average Bonchev–Trinajstić information content (AvgIpc) is 2.57. The SMILES string of the molecule is COC(=O)c1ccc(NC(=O)COCc2ccc(C)cc2C)cc1. The fraction of sp³-hybridized carbons (Fsp3) is 0.263. The molecule has 0 atom stereocenters. The normalized spacial score (nSPS) is 10.3. The predicted octanol–water partition coefficient (Wildman–Crippen LogP) is 3.25. The van der Waals surface area contributed by atoms with Crippen molar-refractivity contribution >= 4 is 17.6 Å².